The fourth-order valence-corrected chi connectivity index (χ4v) is 3.41. The highest BCUT2D eigenvalue weighted by Gasteiger charge is 2.00. The standard InChI is InChI=1S/C23H42N2.CH4/c1-2-3-4-5-6-7-8-9-10-11-12-13-14-18-21-25(24)22-23-19-16-15-17-20-23;/h15-17,19-20H,2-14,18,21-22,24H2,1H3;1H4. The lowest BCUT2D eigenvalue weighted by Gasteiger charge is -2.16. The molecule has 0 unspecified atom stereocenters. The molecule has 0 atom stereocenters. The summed E-state index contributed by atoms with van der Waals surface area (Å²) in [6, 6.07) is 10.5. The van der Waals surface area contributed by atoms with E-state index in [1.165, 1.54) is 95.5 Å². The summed E-state index contributed by atoms with van der Waals surface area (Å²) in [5.41, 5.74) is 1.30. The minimum Gasteiger partial charge on any atom is -0.268 e. The molecule has 2 N–H and O–H groups in total. The lowest BCUT2D eigenvalue weighted by Crippen LogP contribution is -2.31. The first-order valence-corrected chi connectivity index (χ1v) is 10.9. The SMILES string of the molecule is C.CCCCCCCCCCCCCCCCN(N)Cc1ccccc1. The maximum atomic E-state index is 6.09. The van der Waals surface area contributed by atoms with Crippen LogP contribution < -0.4 is 5.84 Å². The van der Waals surface area contributed by atoms with Gasteiger partial charge in [-0.2, -0.15) is 0 Å². The van der Waals surface area contributed by atoms with Crippen molar-refractivity contribution in [1.29, 1.82) is 0 Å². The molecule has 26 heavy (non-hydrogen) atoms. The summed E-state index contributed by atoms with van der Waals surface area (Å²) in [5, 5.41) is 1.95. The Balaban J connectivity index is 0.00000625. The number of hydrogen-bond donors (Lipinski definition) is 1. The van der Waals surface area contributed by atoms with Crippen LogP contribution in [0, 0.1) is 0 Å². The largest absolute Gasteiger partial charge is 0.268 e. The third-order valence-electron chi connectivity index (χ3n) is 5.03. The predicted octanol–water partition coefficient (Wildman–Crippen LogP) is 7.48. The van der Waals surface area contributed by atoms with Gasteiger partial charge in [0.15, 0.2) is 0 Å². The van der Waals surface area contributed by atoms with Crippen LogP contribution >= 0.6 is 0 Å². The van der Waals surface area contributed by atoms with Crippen LogP contribution in [0.5, 0.6) is 0 Å². The van der Waals surface area contributed by atoms with Crippen molar-refractivity contribution in [2.24, 2.45) is 5.84 Å². The fraction of sp³-hybridized carbons (Fsp3) is 0.750. The minimum absolute atomic E-state index is 0. The van der Waals surface area contributed by atoms with Crippen molar-refractivity contribution in [2.45, 2.75) is 111 Å². The Morgan fingerprint density at radius 3 is 1.54 bits per heavy atom. The predicted molar refractivity (Wildman–Crippen MR) is 118 cm³/mol. The molecule has 0 amide bonds. The zero-order chi connectivity index (χ0) is 18.0. The first-order valence-electron chi connectivity index (χ1n) is 10.9. The maximum Gasteiger partial charge on any atom is 0.0379 e. The maximum absolute atomic E-state index is 6.09. The van der Waals surface area contributed by atoms with E-state index in [0.29, 0.717) is 0 Å². The molecule has 0 spiro atoms. The lowest BCUT2D eigenvalue weighted by molar-refractivity contribution is 0.267. The second-order valence-electron chi connectivity index (χ2n) is 7.55. The second kappa shape index (κ2) is 18.9. The molecule has 2 nitrogen and oxygen atoms in total. The highest BCUT2D eigenvalue weighted by Crippen LogP contribution is 2.13. The normalized spacial score (nSPS) is 10.9. The average molecular weight is 363 g/mol. The smallest absolute Gasteiger partial charge is 0.0379 e. The summed E-state index contributed by atoms with van der Waals surface area (Å²) >= 11 is 0. The van der Waals surface area contributed by atoms with Crippen molar-refractivity contribution in [1.82, 2.24) is 5.01 Å². The van der Waals surface area contributed by atoms with Crippen LogP contribution in [0.15, 0.2) is 30.3 Å². The van der Waals surface area contributed by atoms with Crippen molar-refractivity contribution in [3.05, 3.63) is 35.9 Å². The number of hydrogen-bond acceptors (Lipinski definition) is 2. The van der Waals surface area contributed by atoms with Gasteiger partial charge >= 0.3 is 0 Å². The number of nitrogens with two attached hydrogens (primary N) is 1. The topological polar surface area (TPSA) is 29.3 Å². The summed E-state index contributed by atoms with van der Waals surface area (Å²) in [7, 11) is 0. The average Bonchev–Trinajstić information content (AvgIpc) is 2.63. The molecule has 0 radical (unpaired) electrons. The van der Waals surface area contributed by atoms with Gasteiger partial charge in [-0.3, -0.25) is 5.84 Å². The first-order chi connectivity index (χ1) is 12.3. The van der Waals surface area contributed by atoms with Gasteiger partial charge in [0.1, 0.15) is 0 Å². The quantitative estimate of drug-likeness (QED) is 0.177. The molecule has 1 aromatic carbocycles. The summed E-state index contributed by atoms with van der Waals surface area (Å²) in [6.45, 7) is 4.16. The Morgan fingerprint density at radius 2 is 1.08 bits per heavy atom. The Bertz CT molecular complexity index is 377. The van der Waals surface area contributed by atoms with Gasteiger partial charge in [0.05, 0.1) is 0 Å². The zero-order valence-electron chi connectivity index (χ0n) is 16.7. The van der Waals surface area contributed by atoms with E-state index in [0.717, 1.165) is 13.1 Å². The monoisotopic (exact) mass is 362 g/mol. The van der Waals surface area contributed by atoms with Crippen LogP contribution in [0.2, 0.25) is 0 Å². The van der Waals surface area contributed by atoms with Crippen molar-refractivity contribution < 1.29 is 0 Å². The van der Waals surface area contributed by atoms with Crippen molar-refractivity contribution >= 4 is 0 Å². The van der Waals surface area contributed by atoms with E-state index in [-0.39, 0.29) is 7.43 Å². The zero-order valence-corrected chi connectivity index (χ0v) is 16.7. The van der Waals surface area contributed by atoms with Gasteiger partial charge in [-0.05, 0) is 12.0 Å². The van der Waals surface area contributed by atoms with E-state index in [9.17, 15) is 0 Å². The van der Waals surface area contributed by atoms with Gasteiger partial charge < -0.3 is 0 Å². The molecule has 152 valence electrons. The molecule has 0 aliphatic heterocycles. The fourth-order valence-electron chi connectivity index (χ4n) is 3.41. The second-order valence-corrected chi connectivity index (χ2v) is 7.55. The van der Waals surface area contributed by atoms with Crippen LogP contribution in [0.4, 0.5) is 0 Å². The van der Waals surface area contributed by atoms with Gasteiger partial charge in [0.25, 0.3) is 0 Å². The molecule has 1 rings (SSSR count). The molecule has 2 heteroatoms. The molecular formula is C24H46N2. The number of unbranched alkanes of at least 4 members (excludes halogenated alkanes) is 13. The van der Waals surface area contributed by atoms with Crippen LogP contribution in [-0.2, 0) is 6.54 Å². The summed E-state index contributed by atoms with van der Waals surface area (Å²) in [4.78, 5) is 0. The Morgan fingerprint density at radius 1 is 0.654 bits per heavy atom. The Kier molecular flexibility index (Phi) is 18.3. The molecular weight excluding hydrogens is 316 g/mol. The highest BCUT2D eigenvalue weighted by atomic mass is 15.4. The number of rotatable bonds is 17. The van der Waals surface area contributed by atoms with Crippen LogP contribution in [0.3, 0.4) is 0 Å². The summed E-state index contributed by atoms with van der Waals surface area (Å²) < 4.78 is 0. The molecule has 1 aromatic rings. The third-order valence-corrected chi connectivity index (χ3v) is 5.03. The van der Waals surface area contributed by atoms with Gasteiger partial charge in [-0.15, -0.1) is 0 Å². The molecule has 0 saturated carbocycles. The Hall–Kier alpha value is -0.860. The number of nitrogens with zero attached hydrogens (tertiary/aromatic N) is 1. The van der Waals surface area contributed by atoms with E-state index < -0.39 is 0 Å². The first kappa shape index (κ1) is 25.1. The van der Waals surface area contributed by atoms with E-state index in [2.05, 4.69) is 37.3 Å². The van der Waals surface area contributed by atoms with Crippen molar-refractivity contribution in [2.75, 3.05) is 6.54 Å². The van der Waals surface area contributed by atoms with E-state index >= 15 is 0 Å². The number of hydrazine groups is 1. The molecule has 0 aliphatic carbocycles. The van der Waals surface area contributed by atoms with Crippen LogP contribution in [-0.4, -0.2) is 11.6 Å². The van der Waals surface area contributed by atoms with E-state index in [4.69, 9.17) is 5.84 Å². The highest BCUT2D eigenvalue weighted by molar-refractivity contribution is 5.14. The van der Waals surface area contributed by atoms with Crippen LogP contribution in [0.1, 0.15) is 110 Å². The van der Waals surface area contributed by atoms with E-state index in [1.807, 2.05) is 5.01 Å². The van der Waals surface area contributed by atoms with E-state index in [1.54, 1.807) is 0 Å². The Labute approximate surface area is 164 Å². The van der Waals surface area contributed by atoms with Gasteiger partial charge in [-0.25, -0.2) is 5.01 Å². The van der Waals surface area contributed by atoms with Crippen molar-refractivity contribution in [3.63, 3.8) is 0 Å². The van der Waals surface area contributed by atoms with Gasteiger partial charge in [-0.1, -0.05) is 128 Å². The number of benzene rings is 1. The van der Waals surface area contributed by atoms with Gasteiger partial charge in [0.2, 0.25) is 0 Å². The molecule has 0 fully saturated rings. The molecule has 0 bridgehead atoms. The lowest BCUT2D eigenvalue weighted by atomic mass is 10.0. The van der Waals surface area contributed by atoms with Crippen LogP contribution in [0.25, 0.3) is 0 Å². The third kappa shape index (κ3) is 15.4. The molecule has 0 saturated heterocycles. The molecule has 0 aliphatic rings. The molecule has 0 aromatic heterocycles. The summed E-state index contributed by atoms with van der Waals surface area (Å²) in [5.74, 6) is 6.09. The minimum atomic E-state index is 0. The van der Waals surface area contributed by atoms with Crippen molar-refractivity contribution in [3.8, 4) is 0 Å². The molecule has 0 heterocycles. The summed E-state index contributed by atoms with van der Waals surface area (Å²) in [6.07, 6.45) is 19.7. The van der Waals surface area contributed by atoms with Gasteiger partial charge in [0, 0.05) is 13.1 Å².